The number of rotatable bonds is 2. The van der Waals surface area contributed by atoms with Crippen LogP contribution in [0, 0.1) is 6.92 Å². The van der Waals surface area contributed by atoms with Crippen LogP contribution in [0.25, 0.3) is 5.52 Å². The summed E-state index contributed by atoms with van der Waals surface area (Å²) in [5.41, 5.74) is 3.54. The van der Waals surface area contributed by atoms with Crippen molar-refractivity contribution < 1.29 is 0 Å². The molecule has 0 amide bonds. The molecule has 0 atom stereocenters. The molecule has 2 aromatic rings. The van der Waals surface area contributed by atoms with E-state index >= 15 is 0 Å². The predicted octanol–water partition coefficient (Wildman–Crippen LogP) is 3.34. The van der Waals surface area contributed by atoms with Gasteiger partial charge in [-0.15, -0.1) is 0 Å². The summed E-state index contributed by atoms with van der Waals surface area (Å²) in [7, 11) is 1.97. The van der Waals surface area contributed by atoms with E-state index < -0.39 is 0 Å². The van der Waals surface area contributed by atoms with Crippen LogP contribution in [0.1, 0.15) is 43.1 Å². The fourth-order valence-corrected chi connectivity index (χ4v) is 3.02. The number of imidazole rings is 1. The van der Waals surface area contributed by atoms with Crippen molar-refractivity contribution in [3.63, 3.8) is 0 Å². The Morgan fingerprint density at radius 1 is 1.35 bits per heavy atom. The van der Waals surface area contributed by atoms with E-state index in [0.29, 0.717) is 5.92 Å². The van der Waals surface area contributed by atoms with Crippen molar-refractivity contribution in [3.05, 3.63) is 29.8 Å². The van der Waals surface area contributed by atoms with E-state index in [0.717, 1.165) is 5.69 Å². The molecular formula is C14H19N3. The lowest BCUT2D eigenvalue weighted by atomic mass is 10.1. The van der Waals surface area contributed by atoms with Crippen molar-refractivity contribution in [3.8, 4) is 0 Å². The van der Waals surface area contributed by atoms with Gasteiger partial charge in [0, 0.05) is 19.2 Å². The zero-order valence-corrected chi connectivity index (χ0v) is 10.5. The highest BCUT2D eigenvalue weighted by atomic mass is 15.0. The molecule has 0 aliphatic heterocycles. The molecule has 1 aliphatic carbocycles. The molecule has 0 aromatic carbocycles. The molecule has 1 fully saturated rings. The smallest absolute Gasteiger partial charge is 0.116 e. The number of hydrogen-bond donors (Lipinski definition) is 1. The fraction of sp³-hybridized carbons (Fsp3) is 0.500. The van der Waals surface area contributed by atoms with Crippen LogP contribution in [0.3, 0.4) is 0 Å². The molecule has 17 heavy (non-hydrogen) atoms. The summed E-state index contributed by atoms with van der Waals surface area (Å²) in [5, 5.41) is 3.25. The molecule has 0 unspecified atom stereocenters. The highest BCUT2D eigenvalue weighted by Crippen LogP contribution is 2.35. The van der Waals surface area contributed by atoms with Gasteiger partial charge in [0.05, 0.1) is 16.9 Å². The van der Waals surface area contributed by atoms with Gasteiger partial charge in [0.2, 0.25) is 0 Å². The zero-order valence-electron chi connectivity index (χ0n) is 10.5. The third-order valence-electron chi connectivity index (χ3n) is 3.86. The lowest BCUT2D eigenvalue weighted by molar-refractivity contribution is 0.664. The van der Waals surface area contributed by atoms with Crippen molar-refractivity contribution in [1.82, 2.24) is 9.38 Å². The Hall–Kier alpha value is -1.51. The van der Waals surface area contributed by atoms with Crippen LogP contribution in [0.15, 0.2) is 18.3 Å². The van der Waals surface area contributed by atoms with Gasteiger partial charge in [0.1, 0.15) is 5.82 Å². The second kappa shape index (κ2) is 4.06. The molecule has 2 heterocycles. The molecule has 1 N–H and O–H groups in total. The Labute approximate surface area is 102 Å². The molecule has 0 bridgehead atoms. The largest absolute Gasteiger partial charge is 0.386 e. The third-order valence-corrected chi connectivity index (χ3v) is 3.86. The van der Waals surface area contributed by atoms with Crippen LogP contribution in [0.5, 0.6) is 0 Å². The van der Waals surface area contributed by atoms with Crippen LogP contribution in [0.4, 0.5) is 5.69 Å². The van der Waals surface area contributed by atoms with E-state index in [9.17, 15) is 0 Å². The molecule has 90 valence electrons. The molecule has 0 spiro atoms. The number of fused-ring (bicyclic) bond motifs is 1. The minimum Gasteiger partial charge on any atom is -0.386 e. The maximum atomic E-state index is 4.80. The fourth-order valence-electron chi connectivity index (χ4n) is 3.02. The van der Waals surface area contributed by atoms with Gasteiger partial charge < -0.3 is 9.72 Å². The molecular weight excluding hydrogens is 210 g/mol. The average Bonchev–Trinajstić information content (AvgIpc) is 2.97. The average molecular weight is 229 g/mol. The Morgan fingerprint density at radius 2 is 2.12 bits per heavy atom. The van der Waals surface area contributed by atoms with E-state index in [4.69, 9.17) is 4.98 Å². The van der Waals surface area contributed by atoms with Gasteiger partial charge in [0.15, 0.2) is 0 Å². The summed E-state index contributed by atoms with van der Waals surface area (Å²) in [6.45, 7) is 2.11. The quantitative estimate of drug-likeness (QED) is 0.855. The normalized spacial score (nSPS) is 16.8. The van der Waals surface area contributed by atoms with Gasteiger partial charge >= 0.3 is 0 Å². The maximum Gasteiger partial charge on any atom is 0.116 e. The topological polar surface area (TPSA) is 29.3 Å². The summed E-state index contributed by atoms with van der Waals surface area (Å²) in [6, 6.07) is 4.21. The monoisotopic (exact) mass is 229 g/mol. The number of hydrogen-bond acceptors (Lipinski definition) is 2. The van der Waals surface area contributed by atoms with E-state index in [1.165, 1.54) is 42.7 Å². The maximum absolute atomic E-state index is 4.80. The second-order valence-corrected chi connectivity index (χ2v) is 4.93. The number of anilines is 1. The lowest BCUT2D eigenvalue weighted by Crippen LogP contribution is -2.00. The number of aromatic nitrogens is 2. The molecule has 3 heteroatoms. The molecule has 1 aliphatic rings. The highest BCUT2D eigenvalue weighted by molar-refractivity contribution is 5.74. The van der Waals surface area contributed by atoms with Gasteiger partial charge in [-0.25, -0.2) is 4.98 Å². The first-order chi connectivity index (χ1) is 8.31. The molecule has 3 rings (SSSR count). The number of nitrogens with one attached hydrogen (secondary N) is 1. The van der Waals surface area contributed by atoms with Crippen LogP contribution in [0.2, 0.25) is 0 Å². The van der Waals surface area contributed by atoms with Gasteiger partial charge in [-0.3, -0.25) is 0 Å². The van der Waals surface area contributed by atoms with E-state index in [2.05, 4.69) is 35.0 Å². The summed E-state index contributed by atoms with van der Waals surface area (Å²) in [4.78, 5) is 4.80. The first-order valence-electron chi connectivity index (χ1n) is 6.46. The van der Waals surface area contributed by atoms with Crippen LogP contribution >= 0.6 is 0 Å². The van der Waals surface area contributed by atoms with Crippen LogP contribution in [-0.4, -0.2) is 16.4 Å². The predicted molar refractivity (Wildman–Crippen MR) is 70.7 cm³/mol. The Morgan fingerprint density at radius 3 is 2.82 bits per heavy atom. The number of aryl methyl sites for hydroxylation is 1. The van der Waals surface area contributed by atoms with E-state index in [-0.39, 0.29) is 0 Å². The van der Waals surface area contributed by atoms with Gasteiger partial charge in [0.25, 0.3) is 0 Å². The summed E-state index contributed by atoms with van der Waals surface area (Å²) >= 11 is 0. The first-order valence-corrected chi connectivity index (χ1v) is 6.46. The van der Waals surface area contributed by atoms with Crippen molar-refractivity contribution >= 4 is 11.2 Å². The summed E-state index contributed by atoms with van der Waals surface area (Å²) in [6.07, 6.45) is 7.43. The lowest BCUT2D eigenvalue weighted by Gasteiger charge is -2.09. The van der Waals surface area contributed by atoms with Crippen molar-refractivity contribution in [1.29, 1.82) is 0 Å². The third kappa shape index (κ3) is 1.61. The molecule has 3 nitrogen and oxygen atoms in total. The van der Waals surface area contributed by atoms with Crippen molar-refractivity contribution in [2.75, 3.05) is 12.4 Å². The van der Waals surface area contributed by atoms with Gasteiger partial charge in [-0.1, -0.05) is 12.8 Å². The van der Waals surface area contributed by atoms with Crippen LogP contribution < -0.4 is 5.32 Å². The standard InChI is InChI=1S/C14H19N3/c1-10-13-12(15-2)8-5-9-17(13)14(16-10)11-6-3-4-7-11/h5,8-9,11,15H,3-4,6-7H2,1-2H3. The Bertz CT molecular complexity index is 536. The number of nitrogens with zero attached hydrogens (tertiary/aromatic N) is 2. The second-order valence-electron chi connectivity index (χ2n) is 4.93. The Kier molecular flexibility index (Phi) is 2.54. The molecule has 2 aromatic heterocycles. The first kappa shape index (κ1) is 10.6. The van der Waals surface area contributed by atoms with Crippen molar-refractivity contribution in [2.24, 2.45) is 0 Å². The highest BCUT2D eigenvalue weighted by Gasteiger charge is 2.23. The van der Waals surface area contributed by atoms with Gasteiger partial charge in [-0.05, 0) is 31.9 Å². The summed E-state index contributed by atoms with van der Waals surface area (Å²) < 4.78 is 2.27. The van der Waals surface area contributed by atoms with Crippen LogP contribution in [-0.2, 0) is 0 Å². The number of pyridine rings is 1. The minimum absolute atomic E-state index is 0.656. The minimum atomic E-state index is 0.656. The molecule has 0 saturated heterocycles. The zero-order chi connectivity index (χ0) is 11.8. The van der Waals surface area contributed by atoms with Gasteiger partial charge in [-0.2, -0.15) is 0 Å². The Balaban J connectivity index is 2.20. The molecule has 0 radical (unpaired) electrons. The molecule has 1 saturated carbocycles. The summed E-state index contributed by atoms with van der Waals surface area (Å²) in [5.74, 6) is 1.91. The van der Waals surface area contributed by atoms with E-state index in [1.807, 2.05) is 7.05 Å². The SMILES string of the molecule is CNc1cccn2c(C3CCCC3)nc(C)c12. The van der Waals surface area contributed by atoms with E-state index in [1.54, 1.807) is 0 Å². The van der Waals surface area contributed by atoms with Crippen molar-refractivity contribution in [2.45, 2.75) is 38.5 Å².